The number of carbonyl (C=O) groups excluding carboxylic acids is 1. The molecule has 37 heavy (non-hydrogen) atoms. The third kappa shape index (κ3) is 4.07. The molecule has 0 unspecified atom stereocenters. The number of Topliss-reactive ketones (excluding diaryl/α,β-unsaturated/α-hetero) is 1. The van der Waals surface area contributed by atoms with Gasteiger partial charge in [-0.1, -0.05) is 13.0 Å². The number of anilines is 1. The van der Waals surface area contributed by atoms with E-state index in [1.165, 1.54) is 11.3 Å². The minimum Gasteiger partial charge on any atom is -0.384 e. The number of hydrogen-bond acceptors (Lipinski definition) is 7. The number of aryl methyl sites for hydroxylation is 1. The van der Waals surface area contributed by atoms with E-state index < -0.39 is 0 Å². The molecule has 2 N–H and O–H groups in total. The van der Waals surface area contributed by atoms with E-state index in [0.29, 0.717) is 0 Å². The lowest BCUT2D eigenvalue weighted by Crippen LogP contribution is -2.00. The van der Waals surface area contributed by atoms with Gasteiger partial charge in [-0.15, -0.1) is 11.3 Å². The number of ketones is 1. The Morgan fingerprint density at radius 3 is 2.73 bits per heavy atom. The zero-order valence-corrected chi connectivity index (χ0v) is 21.6. The predicted molar refractivity (Wildman–Crippen MR) is 149 cm³/mol. The SMILES string of the molecule is CCCNc1cncc(-c2ccc3[nH]nc(-c4nc5c(-c6ccc(C(C)=O)s6)cncc5n4C)c3c2)c1. The van der Waals surface area contributed by atoms with E-state index >= 15 is 0 Å². The Morgan fingerprint density at radius 2 is 1.92 bits per heavy atom. The smallest absolute Gasteiger partial charge is 0.169 e. The number of fused-ring (bicyclic) bond motifs is 2. The van der Waals surface area contributed by atoms with Crippen molar-refractivity contribution in [2.45, 2.75) is 20.3 Å². The molecule has 0 saturated heterocycles. The first-order chi connectivity index (χ1) is 18.0. The summed E-state index contributed by atoms with van der Waals surface area (Å²) >= 11 is 1.46. The van der Waals surface area contributed by atoms with E-state index in [1.807, 2.05) is 54.6 Å². The van der Waals surface area contributed by atoms with Gasteiger partial charge in [-0.3, -0.25) is 19.9 Å². The van der Waals surface area contributed by atoms with Gasteiger partial charge in [-0.25, -0.2) is 4.98 Å². The van der Waals surface area contributed by atoms with Crippen molar-refractivity contribution in [1.82, 2.24) is 29.7 Å². The molecule has 0 amide bonds. The van der Waals surface area contributed by atoms with Crippen LogP contribution in [0, 0.1) is 0 Å². The van der Waals surface area contributed by atoms with Crippen LogP contribution in [0.15, 0.2) is 61.2 Å². The van der Waals surface area contributed by atoms with Crippen LogP contribution in [0.3, 0.4) is 0 Å². The van der Waals surface area contributed by atoms with Crippen LogP contribution >= 0.6 is 11.3 Å². The van der Waals surface area contributed by atoms with Gasteiger partial charge in [-0.2, -0.15) is 5.10 Å². The van der Waals surface area contributed by atoms with Gasteiger partial charge in [-0.05, 0) is 49.2 Å². The summed E-state index contributed by atoms with van der Waals surface area (Å²) in [6.07, 6.45) is 8.40. The number of hydrogen-bond donors (Lipinski definition) is 2. The number of aromatic amines is 1. The van der Waals surface area contributed by atoms with Crippen molar-refractivity contribution in [2.24, 2.45) is 7.05 Å². The van der Waals surface area contributed by atoms with E-state index in [9.17, 15) is 4.79 Å². The van der Waals surface area contributed by atoms with Crippen molar-refractivity contribution in [3.05, 3.63) is 66.1 Å². The van der Waals surface area contributed by atoms with Gasteiger partial charge in [0.25, 0.3) is 0 Å². The molecule has 184 valence electrons. The maximum absolute atomic E-state index is 11.8. The lowest BCUT2D eigenvalue weighted by Gasteiger charge is -2.07. The summed E-state index contributed by atoms with van der Waals surface area (Å²) in [7, 11) is 1.97. The minimum absolute atomic E-state index is 0.0544. The molecule has 5 aromatic heterocycles. The van der Waals surface area contributed by atoms with E-state index in [2.05, 4.69) is 50.6 Å². The molecule has 8 nitrogen and oxygen atoms in total. The summed E-state index contributed by atoms with van der Waals surface area (Å²) in [6.45, 7) is 4.63. The molecule has 0 fully saturated rings. The van der Waals surface area contributed by atoms with Crippen molar-refractivity contribution in [1.29, 1.82) is 0 Å². The maximum Gasteiger partial charge on any atom is 0.169 e. The molecule has 5 heterocycles. The molecule has 9 heteroatoms. The van der Waals surface area contributed by atoms with E-state index in [4.69, 9.17) is 4.98 Å². The summed E-state index contributed by atoms with van der Waals surface area (Å²) in [6, 6.07) is 12.2. The fraction of sp³-hybridized carbons (Fsp3) is 0.179. The average molecular weight is 508 g/mol. The number of pyridine rings is 2. The predicted octanol–water partition coefficient (Wildman–Crippen LogP) is 6.33. The summed E-state index contributed by atoms with van der Waals surface area (Å²) < 4.78 is 2.02. The number of H-pyrrole nitrogens is 1. The molecule has 0 spiro atoms. The zero-order valence-electron chi connectivity index (χ0n) is 20.7. The summed E-state index contributed by atoms with van der Waals surface area (Å²) in [5, 5.41) is 12.2. The largest absolute Gasteiger partial charge is 0.384 e. The molecule has 1 aromatic carbocycles. The number of thiophene rings is 1. The highest BCUT2D eigenvalue weighted by Crippen LogP contribution is 2.36. The van der Waals surface area contributed by atoms with E-state index in [1.54, 1.807) is 6.92 Å². The van der Waals surface area contributed by atoms with Crippen molar-refractivity contribution in [3.8, 4) is 33.1 Å². The highest BCUT2D eigenvalue weighted by molar-refractivity contribution is 7.17. The van der Waals surface area contributed by atoms with E-state index in [0.717, 1.165) is 78.6 Å². The summed E-state index contributed by atoms with van der Waals surface area (Å²) in [4.78, 5) is 27.4. The molecular weight excluding hydrogens is 482 g/mol. The second-order valence-corrected chi connectivity index (χ2v) is 10.1. The Kier molecular flexibility index (Phi) is 5.77. The molecule has 6 aromatic rings. The molecule has 0 aliphatic heterocycles. The van der Waals surface area contributed by atoms with Gasteiger partial charge in [0.2, 0.25) is 0 Å². The van der Waals surface area contributed by atoms with Gasteiger partial charge in [0.1, 0.15) is 11.2 Å². The van der Waals surface area contributed by atoms with Crippen LogP contribution in [-0.2, 0) is 7.05 Å². The molecule has 0 aliphatic rings. The topological polar surface area (TPSA) is 101 Å². The second-order valence-electron chi connectivity index (χ2n) is 8.99. The van der Waals surface area contributed by atoms with Gasteiger partial charge in [0, 0.05) is 53.6 Å². The monoisotopic (exact) mass is 507 g/mol. The quantitative estimate of drug-likeness (QED) is 0.245. The Labute approximate surface area is 217 Å². The number of benzene rings is 1. The molecular formula is C28H25N7OS. The van der Waals surface area contributed by atoms with Crippen LogP contribution in [0.4, 0.5) is 5.69 Å². The van der Waals surface area contributed by atoms with Crippen LogP contribution in [0.2, 0.25) is 0 Å². The van der Waals surface area contributed by atoms with Gasteiger partial charge < -0.3 is 9.88 Å². The first-order valence-electron chi connectivity index (χ1n) is 12.1. The van der Waals surface area contributed by atoms with Crippen LogP contribution in [-0.4, -0.2) is 42.0 Å². The minimum atomic E-state index is 0.0544. The van der Waals surface area contributed by atoms with E-state index in [-0.39, 0.29) is 5.78 Å². The van der Waals surface area contributed by atoms with Gasteiger partial charge in [0.05, 0.1) is 27.8 Å². The van der Waals surface area contributed by atoms with Crippen molar-refractivity contribution in [3.63, 3.8) is 0 Å². The normalized spacial score (nSPS) is 11.4. The molecule has 0 atom stereocenters. The van der Waals surface area contributed by atoms with Crippen molar-refractivity contribution >= 4 is 44.7 Å². The highest BCUT2D eigenvalue weighted by atomic mass is 32.1. The van der Waals surface area contributed by atoms with Crippen LogP contribution in [0.1, 0.15) is 29.9 Å². The molecule has 0 radical (unpaired) electrons. The van der Waals surface area contributed by atoms with Gasteiger partial charge >= 0.3 is 0 Å². The Bertz CT molecular complexity index is 1780. The third-order valence-corrected chi connectivity index (χ3v) is 7.66. The number of aromatic nitrogens is 6. The Balaban J connectivity index is 1.46. The summed E-state index contributed by atoms with van der Waals surface area (Å²) in [5.74, 6) is 0.797. The molecule has 0 saturated carbocycles. The maximum atomic E-state index is 11.8. The highest BCUT2D eigenvalue weighted by Gasteiger charge is 2.20. The first kappa shape index (κ1) is 23.1. The Morgan fingerprint density at radius 1 is 1.05 bits per heavy atom. The van der Waals surface area contributed by atoms with Crippen molar-refractivity contribution < 1.29 is 4.79 Å². The van der Waals surface area contributed by atoms with Crippen molar-refractivity contribution in [2.75, 3.05) is 11.9 Å². The zero-order chi connectivity index (χ0) is 25.5. The molecule has 0 bridgehead atoms. The lowest BCUT2D eigenvalue weighted by molar-refractivity contribution is 0.102. The standard InChI is InChI=1S/C28H25N7OS/c1-4-9-31-19-10-18(12-29-13-19)17-5-6-22-20(11-17)27(34-33-22)28-32-26-21(14-30-15-23(26)35(28)3)25-8-7-24(37-25)16(2)36/h5-8,10-15,31H,4,9H2,1-3H3,(H,33,34). The first-order valence-corrected chi connectivity index (χ1v) is 12.9. The lowest BCUT2D eigenvalue weighted by atomic mass is 10.0. The van der Waals surface area contributed by atoms with Crippen LogP contribution < -0.4 is 5.32 Å². The summed E-state index contributed by atoms with van der Waals surface area (Å²) in [5.41, 5.74) is 7.42. The number of carbonyl (C=O) groups is 1. The van der Waals surface area contributed by atoms with Crippen LogP contribution in [0.25, 0.3) is 55.0 Å². The fourth-order valence-electron chi connectivity index (χ4n) is 4.49. The molecule has 6 rings (SSSR count). The number of nitrogens with one attached hydrogen (secondary N) is 2. The third-order valence-electron chi connectivity index (χ3n) is 6.44. The van der Waals surface area contributed by atoms with Gasteiger partial charge in [0.15, 0.2) is 11.6 Å². The number of nitrogens with zero attached hydrogens (tertiary/aromatic N) is 5. The number of rotatable bonds is 7. The second kappa shape index (κ2) is 9.25. The molecule has 0 aliphatic carbocycles. The average Bonchev–Trinajstić information content (AvgIpc) is 3.65. The Hall–Kier alpha value is -4.37. The fourth-order valence-corrected chi connectivity index (χ4v) is 5.40. The number of imidazole rings is 1. The van der Waals surface area contributed by atoms with Crippen LogP contribution in [0.5, 0.6) is 0 Å².